The number of alkyl halides is 2. The first-order valence-corrected chi connectivity index (χ1v) is 11.3. The van der Waals surface area contributed by atoms with E-state index in [0.717, 1.165) is 23.3 Å². The number of nitrogens with zero attached hydrogens (tertiary/aromatic N) is 1. The molecular weight excluding hydrogens is 452 g/mol. The van der Waals surface area contributed by atoms with Crippen molar-refractivity contribution in [2.45, 2.75) is 33.8 Å². The van der Waals surface area contributed by atoms with Crippen molar-refractivity contribution in [3.05, 3.63) is 94.1 Å². The average Bonchev–Trinajstić information content (AvgIpc) is 2.84. The van der Waals surface area contributed by atoms with Crippen LogP contribution in [0.4, 0.5) is 8.78 Å². The van der Waals surface area contributed by atoms with E-state index in [4.69, 9.17) is 9.47 Å². The molecule has 0 N–H and O–H groups in total. The molecule has 184 valence electrons. The summed E-state index contributed by atoms with van der Waals surface area (Å²) >= 11 is 0. The Balaban J connectivity index is 2.18. The molecule has 0 bridgehead atoms. The molecule has 7 heteroatoms. The van der Waals surface area contributed by atoms with E-state index in [9.17, 15) is 13.6 Å². The molecule has 1 aromatic heterocycles. The van der Waals surface area contributed by atoms with Crippen molar-refractivity contribution in [1.29, 1.82) is 0 Å². The van der Waals surface area contributed by atoms with E-state index in [1.807, 2.05) is 39.0 Å². The Morgan fingerprint density at radius 2 is 1.69 bits per heavy atom. The zero-order valence-electron chi connectivity index (χ0n) is 20.3. The van der Waals surface area contributed by atoms with Crippen molar-refractivity contribution in [2.24, 2.45) is 0 Å². The topological polar surface area (TPSA) is 49.7 Å². The van der Waals surface area contributed by atoms with E-state index in [2.05, 4.69) is 4.74 Å². The highest BCUT2D eigenvalue weighted by Gasteiger charge is 2.15. The minimum atomic E-state index is -2.92. The summed E-state index contributed by atoms with van der Waals surface area (Å²) < 4.78 is 42.1. The highest BCUT2D eigenvalue weighted by Crippen LogP contribution is 2.27. The molecule has 3 rings (SSSR count). The summed E-state index contributed by atoms with van der Waals surface area (Å²) in [6.45, 7) is 3.44. The third-order valence-corrected chi connectivity index (χ3v) is 5.37. The molecule has 0 amide bonds. The molecule has 1 heterocycles. The minimum absolute atomic E-state index is 0.0268. The molecule has 5 nitrogen and oxygen atoms in total. The van der Waals surface area contributed by atoms with E-state index in [1.54, 1.807) is 54.3 Å². The largest absolute Gasteiger partial charge is 0.497 e. The smallest absolute Gasteiger partial charge is 0.387 e. The zero-order chi connectivity index (χ0) is 25.4. The molecule has 0 aliphatic carbocycles. The van der Waals surface area contributed by atoms with Crippen LogP contribution in [0.1, 0.15) is 31.4 Å². The van der Waals surface area contributed by atoms with Crippen LogP contribution in [0.5, 0.6) is 11.5 Å². The van der Waals surface area contributed by atoms with Crippen LogP contribution in [-0.2, 0) is 4.74 Å². The summed E-state index contributed by atoms with van der Waals surface area (Å²) in [7, 11) is 1.58. The second-order valence-corrected chi connectivity index (χ2v) is 7.64. The Hall–Kier alpha value is -3.87. The van der Waals surface area contributed by atoms with Crippen LogP contribution in [-0.4, -0.2) is 24.9 Å². The Labute approximate surface area is 203 Å². The predicted octanol–water partition coefficient (Wildman–Crippen LogP) is 6.77. The number of rotatable bonds is 10. The fourth-order valence-corrected chi connectivity index (χ4v) is 3.68. The predicted molar refractivity (Wildman–Crippen MR) is 134 cm³/mol. The molecule has 0 aliphatic heterocycles. The van der Waals surface area contributed by atoms with Gasteiger partial charge in [0, 0.05) is 11.9 Å². The fourth-order valence-electron chi connectivity index (χ4n) is 3.68. The highest BCUT2D eigenvalue weighted by molar-refractivity contribution is 5.72. The van der Waals surface area contributed by atoms with Crippen LogP contribution in [0.15, 0.2) is 77.4 Å². The van der Waals surface area contributed by atoms with Gasteiger partial charge in [0.05, 0.1) is 19.3 Å². The Bertz CT molecular complexity index is 1240. The maximum absolute atomic E-state index is 13.6. The quantitative estimate of drug-likeness (QED) is 0.237. The lowest BCUT2D eigenvalue weighted by molar-refractivity contribution is -0.0498. The van der Waals surface area contributed by atoms with Crippen LogP contribution < -0.4 is 15.0 Å². The number of ether oxygens (including phenoxy) is 3. The number of allylic oxidation sites excluding steroid dienone is 2. The summed E-state index contributed by atoms with van der Waals surface area (Å²) in [5, 5.41) is 0. The third-order valence-electron chi connectivity index (χ3n) is 5.37. The highest BCUT2D eigenvalue weighted by atomic mass is 19.3. The molecule has 0 radical (unpaired) electrons. The van der Waals surface area contributed by atoms with Crippen molar-refractivity contribution < 1.29 is 23.0 Å². The van der Waals surface area contributed by atoms with Crippen molar-refractivity contribution in [1.82, 2.24) is 4.57 Å². The molecule has 0 unspecified atom stereocenters. The lowest BCUT2D eigenvalue weighted by Crippen LogP contribution is -2.21. The molecular formula is C28H29F2NO4. The van der Waals surface area contributed by atoms with Crippen molar-refractivity contribution in [2.75, 3.05) is 13.7 Å². The number of hydrogen-bond acceptors (Lipinski definition) is 4. The first-order chi connectivity index (χ1) is 16.9. The van der Waals surface area contributed by atoms with E-state index in [0.29, 0.717) is 29.2 Å². The van der Waals surface area contributed by atoms with Gasteiger partial charge < -0.3 is 14.2 Å². The molecule has 3 aromatic rings. The van der Waals surface area contributed by atoms with Gasteiger partial charge >= 0.3 is 6.61 Å². The summed E-state index contributed by atoms with van der Waals surface area (Å²) in [4.78, 5) is 13.6. The molecule has 0 fully saturated rings. The van der Waals surface area contributed by atoms with Crippen LogP contribution in [0.25, 0.3) is 22.9 Å². The maximum Gasteiger partial charge on any atom is 0.387 e. The number of benzene rings is 2. The van der Waals surface area contributed by atoms with Gasteiger partial charge in [0.2, 0.25) is 0 Å². The number of halogens is 2. The van der Waals surface area contributed by atoms with E-state index >= 15 is 0 Å². The number of aromatic nitrogens is 1. The zero-order valence-corrected chi connectivity index (χ0v) is 20.3. The molecule has 0 aliphatic rings. The average molecular weight is 482 g/mol. The molecule has 0 saturated heterocycles. The number of hydrogen-bond donors (Lipinski definition) is 0. The monoisotopic (exact) mass is 481 g/mol. The standard InChI is InChI=1S/C28H29F2NO4/c1-5-7-24(34-6-2)13-10-21-18-31(22-11-16-23(33-4)17-12-22)27(32)26(19(21)3)20-8-14-25(15-9-20)35-28(29)30/h7-18,28H,5-6H2,1-4H3/b13-10-,24-7-. The van der Waals surface area contributed by atoms with Gasteiger partial charge in [-0.3, -0.25) is 9.36 Å². The van der Waals surface area contributed by atoms with Gasteiger partial charge in [-0.25, -0.2) is 0 Å². The Morgan fingerprint density at radius 3 is 2.26 bits per heavy atom. The van der Waals surface area contributed by atoms with Crippen LogP contribution in [0.3, 0.4) is 0 Å². The maximum atomic E-state index is 13.6. The van der Waals surface area contributed by atoms with Crippen LogP contribution in [0, 0.1) is 6.92 Å². The van der Waals surface area contributed by atoms with Crippen LogP contribution >= 0.6 is 0 Å². The van der Waals surface area contributed by atoms with E-state index < -0.39 is 6.61 Å². The molecule has 0 atom stereocenters. The normalized spacial score (nSPS) is 11.8. The Morgan fingerprint density at radius 1 is 1.03 bits per heavy atom. The fraction of sp³-hybridized carbons (Fsp3) is 0.250. The van der Waals surface area contributed by atoms with Gasteiger partial charge in [-0.05, 0) is 91.6 Å². The summed E-state index contributed by atoms with van der Waals surface area (Å²) in [6, 6.07) is 13.2. The van der Waals surface area contributed by atoms with Gasteiger partial charge in [-0.15, -0.1) is 0 Å². The second kappa shape index (κ2) is 12.0. The van der Waals surface area contributed by atoms with Gasteiger partial charge in [-0.1, -0.05) is 19.1 Å². The summed E-state index contributed by atoms with van der Waals surface area (Å²) in [6.07, 6.45) is 8.37. The third kappa shape index (κ3) is 6.38. The lowest BCUT2D eigenvalue weighted by atomic mass is 9.98. The van der Waals surface area contributed by atoms with Crippen molar-refractivity contribution >= 4 is 6.08 Å². The van der Waals surface area contributed by atoms with Crippen molar-refractivity contribution in [3.8, 4) is 28.3 Å². The molecule has 0 saturated carbocycles. The van der Waals surface area contributed by atoms with E-state index in [-0.39, 0.29) is 11.3 Å². The minimum Gasteiger partial charge on any atom is -0.497 e. The lowest BCUT2D eigenvalue weighted by Gasteiger charge is -2.15. The molecule has 0 spiro atoms. The SMILES string of the molecule is CC/C=C(/C=C\c1cn(-c2ccc(OC)cc2)c(=O)c(-c2ccc(OC(F)F)cc2)c1C)OCC. The van der Waals surface area contributed by atoms with Gasteiger partial charge in [-0.2, -0.15) is 8.78 Å². The Kier molecular flexibility index (Phi) is 8.84. The van der Waals surface area contributed by atoms with E-state index in [1.165, 1.54) is 12.1 Å². The number of methoxy groups -OCH3 is 1. The number of pyridine rings is 1. The molecule has 35 heavy (non-hydrogen) atoms. The van der Waals surface area contributed by atoms with Gasteiger partial charge in [0.25, 0.3) is 5.56 Å². The van der Waals surface area contributed by atoms with Gasteiger partial charge in [0.1, 0.15) is 17.3 Å². The summed E-state index contributed by atoms with van der Waals surface area (Å²) in [5.41, 5.74) is 3.06. The van der Waals surface area contributed by atoms with Crippen LogP contribution in [0.2, 0.25) is 0 Å². The summed E-state index contributed by atoms with van der Waals surface area (Å²) in [5.74, 6) is 1.44. The van der Waals surface area contributed by atoms with Crippen molar-refractivity contribution in [3.63, 3.8) is 0 Å². The van der Waals surface area contributed by atoms with Gasteiger partial charge in [0.15, 0.2) is 0 Å². The first kappa shape index (κ1) is 25.7. The second-order valence-electron chi connectivity index (χ2n) is 7.64. The first-order valence-electron chi connectivity index (χ1n) is 11.3. The molecule has 2 aromatic carbocycles.